The number of ether oxygens (including phenoxy) is 1. The highest BCUT2D eigenvalue weighted by Crippen LogP contribution is 2.27. The molecule has 2 aromatic rings. The van der Waals surface area contributed by atoms with Gasteiger partial charge in [0.25, 0.3) is 5.91 Å². The third kappa shape index (κ3) is 3.88. The number of amides is 1. The average Bonchev–Trinajstić information content (AvgIpc) is 3.10. The van der Waals surface area contributed by atoms with Gasteiger partial charge in [0.2, 0.25) is 11.8 Å². The Kier molecular flexibility index (Phi) is 5.15. The molecule has 0 bridgehead atoms. The van der Waals surface area contributed by atoms with Crippen LogP contribution in [0.5, 0.6) is 0 Å². The van der Waals surface area contributed by atoms with Gasteiger partial charge in [0.15, 0.2) is 0 Å². The van der Waals surface area contributed by atoms with Crippen LogP contribution in [0.1, 0.15) is 36.2 Å². The minimum absolute atomic E-state index is 0.0323. The number of nitrogens with zero attached hydrogens (tertiary/aromatic N) is 4. The zero-order valence-electron chi connectivity index (χ0n) is 15.1. The van der Waals surface area contributed by atoms with E-state index in [0.29, 0.717) is 30.4 Å². The lowest BCUT2D eigenvalue weighted by molar-refractivity contribution is -0.0821. The molecule has 1 fully saturated rings. The third-order valence-corrected chi connectivity index (χ3v) is 4.34. The minimum Gasteiger partial charge on any atom is -0.418 e. The molecule has 0 unspecified atom stereocenters. The van der Waals surface area contributed by atoms with E-state index < -0.39 is 0 Å². The first kappa shape index (κ1) is 17.6. The molecule has 2 heterocycles. The molecule has 1 amide bonds. The second-order valence-corrected chi connectivity index (χ2v) is 6.50. The first-order valence-electron chi connectivity index (χ1n) is 8.51. The van der Waals surface area contributed by atoms with Gasteiger partial charge in [0, 0.05) is 37.8 Å². The van der Waals surface area contributed by atoms with Crippen LogP contribution >= 0.6 is 0 Å². The summed E-state index contributed by atoms with van der Waals surface area (Å²) in [7, 11) is 3.82. The lowest BCUT2D eigenvalue weighted by Crippen LogP contribution is -2.40. The van der Waals surface area contributed by atoms with Crippen molar-refractivity contribution in [2.75, 3.05) is 33.7 Å². The SMILES string of the molecule is CCN(C)C(=O)c1cccc(-c2nnc([C@H]3CN(C)C[C@@H](C)O3)o2)c1. The van der Waals surface area contributed by atoms with Crippen LogP contribution in [0.4, 0.5) is 0 Å². The highest BCUT2D eigenvalue weighted by molar-refractivity contribution is 5.95. The summed E-state index contributed by atoms with van der Waals surface area (Å²) < 4.78 is 11.7. The van der Waals surface area contributed by atoms with Gasteiger partial charge in [-0.25, -0.2) is 0 Å². The maximum Gasteiger partial charge on any atom is 0.253 e. The van der Waals surface area contributed by atoms with Crippen molar-refractivity contribution < 1.29 is 13.9 Å². The Morgan fingerprint density at radius 3 is 2.88 bits per heavy atom. The number of hydrogen-bond donors (Lipinski definition) is 0. The average molecular weight is 344 g/mol. The highest BCUT2D eigenvalue weighted by Gasteiger charge is 2.28. The van der Waals surface area contributed by atoms with Crippen LogP contribution in [-0.4, -0.2) is 65.7 Å². The Balaban J connectivity index is 1.82. The van der Waals surface area contributed by atoms with Gasteiger partial charge >= 0.3 is 0 Å². The summed E-state index contributed by atoms with van der Waals surface area (Å²) in [6.45, 7) is 6.21. The van der Waals surface area contributed by atoms with Crippen molar-refractivity contribution in [2.45, 2.75) is 26.1 Å². The Hall–Kier alpha value is -2.25. The van der Waals surface area contributed by atoms with Crippen molar-refractivity contribution in [3.8, 4) is 11.5 Å². The molecule has 25 heavy (non-hydrogen) atoms. The maximum absolute atomic E-state index is 12.3. The lowest BCUT2D eigenvalue weighted by atomic mass is 10.1. The van der Waals surface area contributed by atoms with Gasteiger partial charge in [0.05, 0.1) is 6.10 Å². The smallest absolute Gasteiger partial charge is 0.253 e. The van der Waals surface area contributed by atoms with Crippen LogP contribution in [0.3, 0.4) is 0 Å². The number of carbonyl (C=O) groups is 1. The topological polar surface area (TPSA) is 71.7 Å². The van der Waals surface area contributed by atoms with Crippen molar-refractivity contribution in [2.24, 2.45) is 0 Å². The maximum atomic E-state index is 12.3. The number of rotatable bonds is 4. The number of benzene rings is 1. The van der Waals surface area contributed by atoms with Gasteiger partial charge in [-0.2, -0.15) is 0 Å². The highest BCUT2D eigenvalue weighted by atomic mass is 16.5. The molecule has 1 aromatic carbocycles. The molecule has 134 valence electrons. The third-order valence-electron chi connectivity index (χ3n) is 4.34. The fourth-order valence-corrected chi connectivity index (χ4v) is 2.93. The van der Waals surface area contributed by atoms with E-state index in [1.54, 1.807) is 24.1 Å². The molecule has 1 aliphatic heterocycles. The molecule has 3 rings (SSSR count). The van der Waals surface area contributed by atoms with Crippen LogP contribution in [0.15, 0.2) is 28.7 Å². The van der Waals surface area contributed by atoms with E-state index >= 15 is 0 Å². The number of hydrogen-bond acceptors (Lipinski definition) is 6. The normalized spacial score (nSPS) is 21.3. The van der Waals surface area contributed by atoms with E-state index in [1.807, 2.05) is 33.0 Å². The Morgan fingerprint density at radius 2 is 2.16 bits per heavy atom. The molecule has 7 heteroatoms. The molecule has 1 aromatic heterocycles. The zero-order chi connectivity index (χ0) is 18.0. The molecule has 0 spiro atoms. The van der Waals surface area contributed by atoms with Gasteiger partial charge in [-0.05, 0) is 39.1 Å². The van der Waals surface area contributed by atoms with Crippen molar-refractivity contribution in [3.63, 3.8) is 0 Å². The summed E-state index contributed by atoms with van der Waals surface area (Å²) in [4.78, 5) is 16.2. The summed E-state index contributed by atoms with van der Waals surface area (Å²) in [6.07, 6.45) is -0.115. The van der Waals surface area contributed by atoms with E-state index in [-0.39, 0.29) is 18.1 Å². The summed E-state index contributed by atoms with van der Waals surface area (Å²) in [5.41, 5.74) is 1.33. The fraction of sp³-hybridized carbons (Fsp3) is 0.500. The van der Waals surface area contributed by atoms with Crippen molar-refractivity contribution >= 4 is 5.91 Å². The van der Waals surface area contributed by atoms with E-state index in [4.69, 9.17) is 9.15 Å². The molecule has 1 saturated heterocycles. The van der Waals surface area contributed by atoms with Crippen LogP contribution in [0.25, 0.3) is 11.5 Å². The van der Waals surface area contributed by atoms with Crippen molar-refractivity contribution in [1.29, 1.82) is 0 Å². The number of aromatic nitrogens is 2. The summed E-state index contributed by atoms with van der Waals surface area (Å²) in [5, 5.41) is 8.28. The van der Waals surface area contributed by atoms with Crippen LogP contribution < -0.4 is 0 Å². The summed E-state index contributed by atoms with van der Waals surface area (Å²) in [5.74, 6) is 0.833. The Morgan fingerprint density at radius 1 is 1.36 bits per heavy atom. The molecule has 0 N–H and O–H groups in total. The van der Waals surface area contributed by atoms with E-state index in [9.17, 15) is 4.79 Å². The molecular formula is C18H24N4O3. The standard InChI is InChI=1S/C18H24N4O3/c1-5-22(4)18(23)14-8-6-7-13(9-14)16-19-20-17(25-16)15-11-21(3)10-12(2)24-15/h6-9,12,15H,5,10-11H2,1-4H3/t12-,15-/m1/s1. The Labute approximate surface area is 147 Å². The van der Waals surface area contributed by atoms with Gasteiger partial charge in [-0.1, -0.05) is 6.07 Å². The van der Waals surface area contributed by atoms with Crippen molar-refractivity contribution in [3.05, 3.63) is 35.7 Å². The number of carbonyl (C=O) groups excluding carboxylic acids is 1. The molecule has 0 aliphatic carbocycles. The second-order valence-electron chi connectivity index (χ2n) is 6.50. The molecule has 0 saturated carbocycles. The summed E-state index contributed by atoms with van der Waals surface area (Å²) >= 11 is 0. The van der Waals surface area contributed by atoms with Gasteiger partial charge in [-0.15, -0.1) is 10.2 Å². The zero-order valence-corrected chi connectivity index (χ0v) is 15.1. The van der Waals surface area contributed by atoms with Gasteiger partial charge in [-0.3, -0.25) is 4.79 Å². The van der Waals surface area contributed by atoms with Crippen LogP contribution in [-0.2, 0) is 4.74 Å². The predicted octanol–water partition coefficient (Wildman–Crippen LogP) is 2.22. The predicted molar refractivity (Wildman–Crippen MR) is 93.2 cm³/mol. The molecule has 0 radical (unpaired) electrons. The van der Waals surface area contributed by atoms with Gasteiger partial charge < -0.3 is 19.0 Å². The van der Waals surface area contributed by atoms with Crippen LogP contribution in [0, 0.1) is 0 Å². The Bertz CT molecular complexity index is 735. The fourth-order valence-electron chi connectivity index (χ4n) is 2.93. The first-order valence-corrected chi connectivity index (χ1v) is 8.51. The largest absolute Gasteiger partial charge is 0.418 e. The molecular weight excluding hydrogens is 320 g/mol. The number of morpholine rings is 1. The van der Waals surface area contributed by atoms with Gasteiger partial charge in [0.1, 0.15) is 6.10 Å². The monoisotopic (exact) mass is 344 g/mol. The first-order chi connectivity index (χ1) is 12.0. The van der Waals surface area contributed by atoms with E-state index in [1.165, 1.54) is 0 Å². The van der Waals surface area contributed by atoms with E-state index in [0.717, 1.165) is 12.1 Å². The molecule has 2 atom stereocenters. The second kappa shape index (κ2) is 7.33. The number of likely N-dealkylation sites (N-methyl/N-ethyl adjacent to an activating group) is 1. The lowest BCUT2D eigenvalue weighted by Gasteiger charge is -2.32. The molecule has 7 nitrogen and oxygen atoms in total. The quantitative estimate of drug-likeness (QED) is 0.847. The summed E-state index contributed by atoms with van der Waals surface area (Å²) in [6, 6.07) is 7.25. The van der Waals surface area contributed by atoms with Crippen LogP contribution in [0.2, 0.25) is 0 Å². The minimum atomic E-state index is -0.231. The van der Waals surface area contributed by atoms with E-state index in [2.05, 4.69) is 15.1 Å². The molecule has 1 aliphatic rings. The van der Waals surface area contributed by atoms with Crippen molar-refractivity contribution in [1.82, 2.24) is 20.0 Å².